The summed E-state index contributed by atoms with van der Waals surface area (Å²) in [6, 6.07) is 15.5. The Morgan fingerprint density at radius 2 is 2.03 bits per heavy atom. The van der Waals surface area contributed by atoms with Crippen LogP contribution in [-0.4, -0.2) is 38.0 Å². The molecule has 1 atom stereocenters. The fourth-order valence-corrected chi connectivity index (χ4v) is 4.42. The minimum absolute atomic E-state index is 0.0828. The molecule has 1 amide bonds. The lowest BCUT2D eigenvalue weighted by Crippen LogP contribution is -2.25. The molecule has 2 aromatic carbocycles. The highest BCUT2D eigenvalue weighted by molar-refractivity contribution is 9.10. The molecule has 1 N–H and O–H groups in total. The summed E-state index contributed by atoms with van der Waals surface area (Å²) in [5, 5.41) is 15.9. The standard InChI is InChI=1S/C23H19BrN6O2/c1-13-21-18(14-5-3-7-16(24)9-14)11-20(31)27-22(21)30(29-13)23-26-19(12-25-28-23)15-6-4-8-17(10-15)32-2/h3-10,12,18H,11H2,1-2H3,(H,27,31). The SMILES string of the molecule is COc1cccc(-c2cnnc(-n3nc(C)c4c3NC(=O)CC4c3cccc(Br)c3)n2)c1. The van der Waals surface area contributed by atoms with Gasteiger partial charge in [-0.2, -0.15) is 14.9 Å². The van der Waals surface area contributed by atoms with Gasteiger partial charge in [-0.05, 0) is 36.8 Å². The van der Waals surface area contributed by atoms with E-state index in [0.717, 1.165) is 32.6 Å². The largest absolute Gasteiger partial charge is 0.497 e. The molecule has 0 saturated heterocycles. The van der Waals surface area contributed by atoms with Gasteiger partial charge in [0.15, 0.2) is 0 Å². The first-order valence-corrected chi connectivity index (χ1v) is 10.8. The summed E-state index contributed by atoms with van der Waals surface area (Å²) in [6.45, 7) is 1.93. The number of aromatic nitrogens is 5. The molecule has 0 fully saturated rings. The molecule has 5 rings (SSSR count). The van der Waals surface area contributed by atoms with Gasteiger partial charge in [0, 0.05) is 27.9 Å². The van der Waals surface area contributed by atoms with Gasteiger partial charge in [-0.25, -0.2) is 4.98 Å². The number of hydrogen-bond acceptors (Lipinski definition) is 6. The average Bonchev–Trinajstić information content (AvgIpc) is 3.14. The van der Waals surface area contributed by atoms with Gasteiger partial charge in [-0.1, -0.05) is 40.2 Å². The first-order valence-electron chi connectivity index (χ1n) is 10.0. The smallest absolute Gasteiger partial charge is 0.272 e. The van der Waals surface area contributed by atoms with E-state index >= 15 is 0 Å². The fourth-order valence-electron chi connectivity index (χ4n) is 4.01. The molecule has 1 unspecified atom stereocenters. The summed E-state index contributed by atoms with van der Waals surface area (Å²) in [4.78, 5) is 17.3. The molecule has 9 heteroatoms. The van der Waals surface area contributed by atoms with Gasteiger partial charge in [0.25, 0.3) is 5.95 Å². The number of nitrogens with one attached hydrogen (secondary N) is 1. The maximum absolute atomic E-state index is 12.6. The van der Waals surface area contributed by atoms with E-state index in [1.54, 1.807) is 18.0 Å². The van der Waals surface area contributed by atoms with E-state index in [-0.39, 0.29) is 17.8 Å². The van der Waals surface area contributed by atoms with Crippen LogP contribution in [0.3, 0.4) is 0 Å². The molecule has 0 radical (unpaired) electrons. The number of hydrogen-bond donors (Lipinski definition) is 1. The Morgan fingerprint density at radius 1 is 1.19 bits per heavy atom. The number of fused-ring (bicyclic) bond motifs is 1. The molecule has 4 aromatic rings. The topological polar surface area (TPSA) is 94.8 Å². The van der Waals surface area contributed by atoms with E-state index in [2.05, 4.69) is 41.5 Å². The molecule has 0 aliphatic carbocycles. The van der Waals surface area contributed by atoms with Crippen LogP contribution in [0.2, 0.25) is 0 Å². The number of rotatable bonds is 4. The molecule has 3 heterocycles. The lowest BCUT2D eigenvalue weighted by Gasteiger charge is -2.24. The fraction of sp³-hybridized carbons (Fsp3) is 0.174. The van der Waals surface area contributed by atoms with Gasteiger partial charge in [-0.15, -0.1) is 5.10 Å². The van der Waals surface area contributed by atoms with E-state index in [1.807, 2.05) is 55.5 Å². The Morgan fingerprint density at radius 3 is 2.84 bits per heavy atom. The van der Waals surface area contributed by atoms with Crippen LogP contribution in [0.4, 0.5) is 5.82 Å². The van der Waals surface area contributed by atoms with E-state index in [0.29, 0.717) is 17.9 Å². The number of amides is 1. The summed E-state index contributed by atoms with van der Waals surface area (Å²) in [5.74, 6) is 1.39. The quantitative estimate of drug-likeness (QED) is 0.458. The molecule has 32 heavy (non-hydrogen) atoms. The number of halogens is 1. The molecule has 8 nitrogen and oxygen atoms in total. The second-order valence-electron chi connectivity index (χ2n) is 7.49. The van der Waals surface area contributed by atoms with Gasteiger partial charge in [0.05, 0.1) is 24.7 Å². The van der Waals surface area contributed by atoms with Crippen molar-refractivity contribution in [3.63, 3.8) is 0 Å². The Kier molecular flexibility index (Phi) is 5.18. The molecule has 1 aliphatic heterocycles. The number of benzene rings is 2. The van der Waals surface area contributed by atoms with Gasteiger partial charge >= 0.3 is 0 Å². The van der Waals surface area contributed by atoms with Crippen molar-refractivity contribution >= 4 is 27.7 Å². The predicted octanol–water partition coefficient (Wildman–Crippen LogP) is 4.28. The molecule has 2 aromatic heterocycles. The minimum Gasteiger partial charge on any atom is -0.497 e. The zero-order valence-corrected chi connectivity index (χ0v) is 19.0. The molecule has 0 bridgehead atoms. The average molecular weight is 491 g/mol. The van der Waals surface area contributed by atoms with Crippen LogP contribution in [0, 0.1) is 6.92 Å². The Labute approximate surface area is 192 Å². The van der Waals surface area contributed by atoms with E-state index in [1.165, 1.54) is 0 Å². The van der Waals surface area contributed by atoms with Gasteiger partial charge in [0.2, 0.25) is 5.91 Å². The first-order chi connectivity index (χ1) is 15.5. The minimum atomic E-state index is -0.112. The summed E-state index contributed by atoms with van der Waals surface area (Å²) < 4.78 is 7.83. The summed E-state index contributed by atoms with van der Waals surface area (Å²) in [5.41, 5.74) is 4.27. The second-order valence-corrected chi connectivity index (χ2v) is 8.41. The maximum atomic E-state index is 12.6. The van der Waals surface area contributed by atoms with Crippen molar-refractivity contribution in [3.8, 4) is 23.0 Å². The summed E-state index contributed by atoms with van der Waals surface area (Å²) in [6.07, 6.45) is 1.93. The van der Waals surface area contributed by atoms with Gasteiger partial charge < -0.3 is 10.1 Å². The van der Waals surface area contributed by atoms with Crippen LogP contribution in [0.25, 0.3) is 17.2 Å². The number of anilines is 1. The zero-order chi connectivity index (χ0) is 22.2. The molecule has 1 aliphatic rings. The highest BCUT2D eigenvalue weighted by atomic mass is 79.9. The Balaban J connectivity index is 1.61. The Hall–Kier alpha value is -3.59. The van der Waals surface area contributed by atoms with Crippen LogP contribution in [0.5, 0.6) is 5.75 Å². The molecular formula is C23H19BrN6O2. The van der Waals surface area contributed by atoms with Crippen molar-refractivity contribution in [1.82, 2.24) is 25.0 Å². The molecular weight excluding hydrogens is 472 g/mol. The van der Waals surface area contributed by atoms with Crippen molar-refractivity contribution < 1.29 is 9.53 Å². The number of aryl methyl sites for hydroxylation is 1. The number of nitrogens with zero attached hydrogens (tertiary/aromatic N) is 5. The highest BCUT2D eigenvalue weighted by Crippen LogP contribution is 2.40. The Bertz CT molecular complexity index is 1340. The maximum Gasteiger partial charge on any atom is 0.272 e. The monoisotopic (exact) mass is 490 g/mol. The van der Waals surface area contributed by atoms with E-state index < -0.39 is 0 Å². The van der Waals surface area contributed by atoms with Crippen LogP contribution in [-0.2, 0) is 4.79 Å². The van der Waals surface area contributed by atoms with Crippen LogP contribution >= 0.6 is 15.9 Å². The molecule has 160 valence electrons. The third-order valence-electron chi connectivity index (χ3n) is 5.46. The van der Waals surface area contributed by atoms with Crippen molar-refractivity contribution in [3.05, 3.63) is 76.0 Å². The van der Waals surface area contributed by atoms with Crippen molar-refractivity contribution in [1.29, 1.82) is 0 Å². The lowest BCUT2D eigenvalue weighted by molar-refractivity contribution is -0.116. The van der Waals surface area contributed by atoms with Crippen LogP contribution in [0.1, 0.15) is 29.2 Å². The first kappa shape index (κ1) is 20.3. The zero-order valence-electron chi connectivity index (χ0n) is 17.4. The number of ether oxygens (including phenoxy) is 1. The predicted molar refractivity (Wildman–Crippen MR) is 123 cm³/mol. The number of carbonyl (C=O) groups is 1. The third kappa shape index (κ3) is 3.64. The van der Waals surface area contributed by atoms with Gasteiger partial charge in [-0.3, -0.25) is 4.79 Å². The summed E-state index contributed by atoms with van der Waals surface area (Å²) >= 11 is 3.53. The summed E-state index contributed by atoms with van der Waals surface area (Å²) in [7, 11) is 1.62. The molecule has 0 spiro atoms. The van der Waals surface area contributed by atoms with Crippen molar-refractivity contribution in [2.24, 2.45) is 0 Å². The van der Waals surface area contributed by atoms with Crippen LogP contribution < -0.4 is 10.1 Å². The number of carbonyl (C=O) groups excluding carboxylic acids is 1. The van der Waals surface area contributed by atoms with E-state index in [9.17, 15) is 4.79 Å². The lowest BCUT2D eigenvalue weighted by atomic mass is 9.86. The normalized spacial score (nSPS) is 15.2. The third-order valence-corrected chi connectivity index (χ3v) is 5.95. The van der Waals surface area contributed by atoms with E-state index in [4.69, 9.17) is 4.74 Å². The molecule has 0 saturated carbocycles. The second kappa shape index (κ2) is 8.16. The highest BCUT2D eigenvalue weighted by Gasteiger charge is 2.33. The van der Waals surface area contributed by atoms with Crippen molar-refractivity contribution in [2.45, 2.75) is 19.3 Å². The van der Waals surface area contributed by atoms with Gasteiger partial charge in [0.1, 0.15) is 11.6 Å². The van der Waals surface area contributed by atoms with Crippen LogP contribution in [0.15, 0.2) is 59.2 Å². The number of methoxy groups -OCH3 is 1. The van der Waals surface area contributed by atoms with Crippen molar-refractivity contribution in [2.75, 3.05) is 12.4 Å².